The number of aliphatic hydroxyl groups is 1. The van der Waals surface area contributed by atoms with E-state index in [0.717, 1.165) is 30.3 Å². The maximum absolute atomic E-state index is 13.2. The molecule has 1 saturated carbocycles. The summed E-state index contributed by atoms with van der Waals surface area (Å²) < 4.78 is 2.03. The number of benzene rings is 2. The normalized spacial score (nSPS) is 15.5. The van der Waals surface area contributed by atoms with Crippen molar-refractivity contribution in [1.82, 2.24) is 9.55 Å². The zero-order valence-corrected chi connectivity index (χ0v) is 16.6. The molecule has 1 aliphatic carbocycles. The lowest BCUT2D eigenvalue weighted by atomic mass is 9.82. The number of imidazole rings is 1. The summed E-state index contributed by atoms with van der Waals surface area (Å²) in [5.74, 6) is 0.170. The van der Waals surface area contributed by atoms with Crippen molar-refractivity contribution in [2.45, 2.75) is 45.3 Å². The van der Waals surface area contributed by atoms with Gasteiger partial charge in [-0.2, -0.15) is 5.26 Å². The van der Waals surface area contributed by atoms with Gasteiger partial charge in [0, 0.05) is 6.04 Å². The van der Waals surface area contributed by atoms with Crippen LogP contribution in [0.2, 0.25) is 0 Å². The Morgan fingerprint density at radius 2 is 2.00 bits per heavy atom. The van der Waals surface area contributed by atoms with Gasteiger partial charge in [0.2, 0.25) is 11.9 Å². The molecular formula is C23H24N4O2. The molecule has 3 aromatic rings. The van der Waals surface area contributed by atoms with Crippen LogP contribution in [0.5, 0.6) is 0 Å². The van der Waals surface area contributed by atoms with Crippen molar-refractivity contribution in [3.8, 4) is 6.07 Å². The second-order valence-electron chi connectivity index (χ2n) is 8.19. The van der Waals surface area contributed by atoms with Crippen LogP contribution in [0.15, 0.2) is 48.5 Å². The van der Waals surface area contributed by atoms with Crippen LogP contribution < -0.4 is 5.32 Å². The molecule has 2 aromatic carbocycles. The number of fused-ring (bicyclic) bond motifs is 1. The fourth-order valence-electron chi connectivity index (χ4n) is 3.70. The van der Waals surface area contributed by atoms with E-state index in [9.17, 15) is 15.2 Å². The summed E-state index contributed by atoms with van der Waals surface area (Å²) in [4.78, 5) is 17.8. The van der Waals surface area contributed by atoms with Gasteiger partial charge in [0.05, 0.1) is 34.2 Å². The number of anilines is 1. The number of aromatic nitrogens is 2. The van der Waals surface area contributed by atoms with Crippen LogP contribution >= 0.6 is 0 Å². The standard InChI is InChI=1S/C23H24N4O2/c1-23(2,20(28)16-7-4-3-5-8-16)21(29)26-22-25-18-12-11-15(14-24)13-19(18)27(22)17-9-6-10-17/h3-5,7-8,11-13,17,20,28H,6,9-10H2,1-2H3,(H,25,26,29). The van der Waals surface area contributed by atoms with E-state index in [2.05, 4.69) is 16.4 Å². The summed E-state index contributed by atoms with van der Waals surface area (Å²) >= 11 is 0. The number of rotatable bonds is 5. The minimum Gasteiger partial charge on any atom is -0.387 e. The zero-order valence-electron chi connectivity index (χ0n) is 16.6. The van der Waals surface area contributed by atoms with Crippen molar-refractivity contribution < 1.29 is 9.90 Å². The van der Waals surface area contributed by atoms with Gasteiger partial charge >= 0.3 is 0 Å². The van der Waals surface area contributed by atoms with Gasteiger partial charge in [0.25, 0.3) is 0 Å². The predicted molar refractivity (Wildman–Crippen MR) is 111 cm³/mol. The van der Waals surface area contributed by atoms with Crippen molar-refractivity contribution in [1.29, 1.82) is 5.26 Å². The van der Waals surface area contributed by atoms with E-state index in [0.29, 0.717) is 17.1 Å². The van der Waals surface area contributed by atoms with Crippen molar-refractivity contribution in [3.05, 3.63) is 59.7 Å². The Balaban J connectivity index is 1.68. The zero-order chi connectivity index (χ0) is 20.6. The highest BCUT2D eigenvalue weighted by Gasteiger charge is 2.38. The van der Waals surface area contributed by atoms with Crippen LogP contribution in [0.4, 0.5) is 5.95 Å². The SMILES string of the molecule is CC(C)(C(=O)Nc1nc2ccc(C#N)cc2n1C1CCC1)C(O)c1ccccc1. The minimum absolute atomic E-state index is 0.256. The molecule has 6 heteroatoms. The second kappa shape index (κ2) is 7.34. The molecule has 1 amide bonds. The molecule has 2 N–H and O–H groups in total. The van der Waals surface area contributed by atoms with Gasteiger partial charge < -0.3 is 9.67 Å². The number of carbonyl (C=O) groups is 1. The van der Waals surface area contributed by atoms with Gasteiger partial charge in [-0.3, -0.25) is 10.1 Å². The smallest absolute Gasteiger partial charge is 0.235 e. The first-order chi connectivity index (χ1) is 13.9. The first-order valence-corrected chi connectivity index (χ1v) is 9.88. The van der Waals surface area contributed by atoms with Crippen molar-refractivity contribution >= 4 is 22.9 Å². The number of aliphatic hydroxyl groups excluding tert-OH is 1. The van der Waals surface area contributed by atoms with Crippen LogP contribution in [0.1, 0.15) is 56.4 Å². The van der Waals surface area contributed by atoms with Crippen LogP contribution in [0.25, 0.3) is 11.0 Å². The number of nitriles is 1. The lowest BCUT2D eigenvalue weighted by Crippen LogP contribution is -2.37. The second-order valence-corrected chi connectivity index (χ2v) is 8.19. The molecule has 1 fully saturated rings. The van der Waals surface area contributed by atoms with Crippen molar-refractivity contribution in [3.63, 3.8) is 0 Å². The highest BCUT2D eigenvalue weighted by molar-refractivity contribution is 5.95. The molecule has 29 heavy (non-hydrogen) atoms. The van der Waals surface area contributed by atoms with Crippen molar-refractivity contribution in [2.24, 2.45) is 5.41 Å². The predicted octanol–water partition coefficient (Wildman–Crippen LogP) is 4.33. The third kappa shape index (κ3) is 3.39. The maximum atomic E-state index is 13.2. The van der Waals surface area contributed by atoms with Gasteiger partial charge in [-0.1, -0.05) is 30.3 Å². The van der Waals surface area contributed by atoms with E-state index in [1.807, 2.05) is 47.0 Å². The van der Waals surface area contributed by atoms with E-state index >= 15 is 0 Å². The third-order valence-corrected chi connectivity index (χ3v) is 5.87. The third-order valence-electron chi connectivity index (χ3n) is 5.87. The molecular weight excluding hydrogens is 364 g/mol. The first-order valence-electron chi connectivity index (χ1n) is 9.88. The fraction of sp³-hybridized carbons (Fsp3) is 0.348. The summed E-state index contributed by atoms with van der Waals surface area (Å²) in [7, 11) is 0. The average molecular weight is 388 g/mol. The average Bonchev–Trinajstić information content (AvgIpc) is 3.03. The highest BCUT2D eigenvalue weighted by atomic mass is 16.3. The van der Waals surface area contributed by atoms with Crippen LogP contribution in [0, 0.1) is 16.7 Å². The summed E-state index contributed by atoms with van der Waals surface area (Å²) in [6.07, 6.45) is 2.21. The molecule has 0 aliphatic heterocycles. The number of carbonyl (C=O) groups excluding carboxylic acids is 1. The summed E-state index contributed by atoms with van der Waals surface area (Å²) in [6, 6.07) is 17.0. The van der Waals surface area contributed by atoms with Gasteiger partial charge in [0.15, 0.2) is 0 Å². The Morgan fingerprint density at radius 3 is 2.62 bits per heavy atom. The van der Waals surface area contributed by atoms with Gasteiger partial charge in [-0.05, 0) is 56.9 Å². The van der Waals surface area contributed by atoms with E-state index in [-0.39, 0.29) is 11.9 Å². The Hall–Kier alpha value is -3.17. The highest BCUT2D eigenvalue weighted by Crippen LogP contribution is 2.39. The summed E-state index contributed by atoms with van der Waals surface area (Å²) in [6.45, 7) is 3.45. The van der Waals surface area contributed by atoms with Gasteiger partial charge in [-0.25, -0.2) is 4.98 Å². The molecule has 1 atom stereocenters. The van der Waals surface area contributed by atoms with E-state index in [1.165, 1.54) is 0 Å². The molecule has 4 rings (SSSR count). The molecule has 1 unspecified atom stereocenters. The molecule has 0 spiro atoms. The van der Waals surface area contributed by atoms with E-state index < -0.39 is 11.5 Å². The van der Waals surface area contributed by atoms with E-state index in [1.54, 1.807) is 19.9 Å². The van der Waals surface area contributed by atoms with Crippen LogP contribution in [0.3, 0.4) is 0 Å². The molecule has 6 nitrogen and oxygen atoms in total. The molecule has 1 aliphatic rings. The maximum Gasteiger partial charge on any atom is 0.235 e. The molecule has 1 aromatic heterocycles. The Bertz CT molecular complexity index is 1090. The number of nitrogens with zero attached hydrogens (tertiary/aromatic N) is 3. The summed E-state index contributed by atoms with van der Waals surface area (Å²) in [5.41, 5.74) is 1.80. The summed E-state index contributed by atoms with van der Waals surface area (Å²) in [5, 5.41) is 23.0. The molecule has 148 valence electrons. The Labute approximate surface area is 169 Å². The van der Waals surface area contributed by atoms with Gasteiger partial charge in [0.1, 0.15) is 0 Å². The Kier molecular flexibility index (Phi) is 4.85. The minimum atomic E-state index is -1.05. The molecule has 0 bridgehead atoms. The number of hydrogen-bond acceptors (Lipinski definition) is 4. The monoisotopic (exact) mass is 388 g/mol. The molecule has 0 saturated heterocycles. The fourth-order valence-corrected chi connectivity index (χ4v) is 3.70. The largest absolute Gasteiger partial charge is 0.387 e. The van der Waals surface area contributed by atoms with Crippen LogP contribution in [-0.2, 0) is 4.79 Å². The van der Waals surface area contributed by atoms with Crippen molar-refractivity contribution in [2.75, 3.05) is 5.32 Å². The Morgan fingerprint density at radius 1 is 1.28 bits per heavy atom. The quantitative estimate of drug-likeness (QED) is 0.680. The number of hydrogen-bond donors (Lipinski definition) is 2. The first kappa shape index (κ1) is 19.2. The molecule has 0 radical (unpaired) electrons. The topological polar surface area (TPSA) is 90.9 Å². The van der Waals surface area contributed by atoms with Gasteiger partial charge in [-0.15, -0.1) is 0 Å². The lowest BCUT2D eigenvalue weighted by molar-refractivity contribution is -0.130. The number of amides is 1. The van der Waals surface area contributed by atoms with E-state index in [4.69, 9.17) is 0 Å². The van der Waals surface area contributed by atoms with Crippen LogP contribution in [-0.4, -0.2) is 20.6 Å². The molecule has 1 heterocycles. The lowest BCUT2D eigenvalue weighted by Gasteiger charge is -2.32. The number of nitrogens with one attached hydrogen (secondary N) is 1.